The highest BCUT2D eigenvalue weighted by atomic mass is 35.5. The maximum absolute atomic E-state index is 12.8. The minimum Gasteiger partial charge on any atom is -0.506 e. The maximum atomic E-state index is 12.8. The molecule has 8 nitrogen and oxygen atoms in total. The summed E-state index contributed by atoms with van der Waals surface area (Å²) < 4.78 is 6.69. The van der Waals surface area contributed by atoms with Crippen molar-refractivity contribution in [3.63, 3.8) is 0 Å². The molecule has 0 saturated carbocycles. The molecule has 31 heavy (non-hydrogen) atoms. The van der Waals surface area contributed by atoms with Gasteiger partial charge in [-0.1, -0.05) is 36.4 Å². The molecule has 0 aliphatic carbocycles. The van der Waals surface area contributed by atoms with Crippen LogP contribution in [0.15, 0.2) is 31.0 Å². The number of para-hydroxylation sites is 1. The van der Waals surface area contributed by atoms with Crippen LogP contribution in [-0.2, 0) is 11.3 Å². The third-order valence-corrected chi connectivity index (χ3v) is 6.10. The molecule has 2 aliphatic heterocycles. The quantitative estimate of drug-likeness (QED) is 0.729. The Morgan fingerprint density at radius 3 is 2.55 bits per heavy atom. The number of amides is 1. The maximum Gasteiger partial charge on any atom is 0.344 e. The van der Waals surface area contributed by atoms with Crippen molar-refractivity contribution in [1.82, 2.24) is 19.6 Å². The van der Waals surface area contributed by atoms with Gasteiger partial charge in [-0.25, -0.2) is 4.79 Å². The van der Waals surface area contributed by atoms with Gasteiger partial charge in [-0.2, -0.15) is 9.78 Å². The number of rotatable bonds is 4. The van der Waals surface area contributed by atoms with E-state index in [1.165, 1.54) is 27.7 Å². The monoisotopic (exact) mass is 445 g/mol. The minimum atomic E-state index is -0.254. The molecule has 0 spiro atoms. The van der Waals surface area contributed by atoms with E-state index in [2.05, 4.69) is 46.6 Å². The molecule has 4 rings (SSSR count). The SMILES string of the molecule is C=C(O)c1nn(C(=O)N2CCN(Cc3cccc(C)c3N3CCOCC3)CC2)cc1Cl. The first kappa shape index (κ1) is 21.7. The Hall–Kier alpha value is -2.55. The third kappa shape index (κ3) is 4.71. The highest BCUT2D eigenvalue weighted by molar-refractivity contribution is 6.32. The summed E-state index contributed by atoms with van der Waals surface area (Å²) in [6.45, 7) is 12.5. The average Bonchev–Trinajstić information content (AvgIpc) is 3.16. The Labute approximate surface area is 187 Å². The second kappa shape index (κ2) is 9.30. The highest BCUT2D eigenvalue weighted by Crippen LogP contribution is 2.28. The molecular formula is C22H28ClN5O3. The molecule has 0 unspecified atom stereocenters. The lowest BCUT2D eigenvalue weighted by Crippen LogP contribution is -2.49. The first-order valence-corrected chi connectivity index (χ1v) is 10.9. The van der Waals surface area contributed by atoms with Gasteiger partial charge in [-0.05, 0) is 18.1 Å². The van der Waals surface area contributed by atoms with Crippen molar-refractivity contribution >= 4 is 29.1 Å². The number of aromatic nitrogens is 2. The number of benzene rings is 1. The van der Waals surface area contributed by atoms with Gasteiger partial charge < -0.3 is 19.6 Å². The summed E-state index contributed by atoms with van der Waals surface area (Å²) in [6.07, 6.45) is 1.41. The Balaban J connectivity index is 1.40. The fourth-order valence-electron chi connectivity index (χ4n) is 4.22. The smallest absolute Gasteiger partial charge is 0.344 e. The summed E-state index contributed by atoms with van der Waals surface area (Å²) >= 11 is 6.03. The zero-order chi connectivity index (χ0) is 22.0. The van der Waals surface area contributed by atoms with Gasteiger partial charge in [-0.3, -0.25) is 4.90 Å². The molecule has 1 N–H and O–H groups in total. The van der Waals surface area contributed by atoms with Crippen LogP contribution in [0.2, 0.25) is 5.02 Å². The molecule has 2 aromatic rings. The number of aliphatic hydroxyl groups excluding tert-OH is 1. The lowest BCUT2D eigenvalue weighted by molar-refractivity contribution is 0.122. The van der Waals surface area contributed by atoms with Crippen LogP contribution in [0.1, 0.15) is 16.8 Å². The van der Waals surface area contributed by atoms with Gasteiger partial charge in [0, 0.05) is 51.5 Å². The predicted molar refractivity (Wildman–Crippen MR) is 121 cm³/mol. The summed E-state index contributed by atoms with van der Waals surface area (Å²) in [7, 11) is 0. The van der Waals surface area contributed by atoms with Crippen LogP contribution in [0.4, 0.5) is 10.5 Å². The summed E-state index contributed by atoms with van der Waals surface area (Å²) in [5.74, 6) is -0.254. The predicted octanol–water partition coefficient (Wildman–Crippen LogP) is 3.00. The van der Waals surface area contributed by atoms with Gasteiger partial charge in [0.15, 0.2) is 0 Å². The average molecular weight is 446 g/mol. The Morgan fingerprint density at radius 2 is 1.90 bits per heavy atom. The lowest BCUT2D eigenvalue weighted by Gasteiger charge is -2.36. The zero-order valence-corrected chi connectivity index (χ0v) is 18.5. The van der Waals surface area contributed by atoms with Crippen LogP contribution in [0, 0.1) is 6.92 Å². The first-order chi connectivity index (χ1) is 14.9. The summed E-state index contributed by atoms with van der Waals surface area (Å²) in [6, 6.07) is 6.22. The van der Waals surface area contributed by atoms with E-state index >= 15 is 0 Å². The highest BCUT2D eigenvalue weighted by Gasteiger charge is 2.25. The molecule has 1 aromatic heterocycles. The van der Waals surface area contributed by atoms with Crippen molar-refractivity contribution in [2.75, 3.05) is 57.4 Å². The third-order valence-electron chi connectivity index (χ3n) is 5.82. The van der Waals surface area contributed by atoms with Crippen molar-refractivity contribution < 1.29 is 14.6 Å². The molecule has 0 bridgehead atoms. The largest absolute Gasteiger partial charge is 0.506 e. The number of hydrogen-bond acceptors (Lipinski definition) is 6. The fourth-order valence-corrected chi connectivity index (χ4v) is 4.46. The van der Waals surface area contributed by atoms with Gasteiger partial charge in [0.25, 0.3) is 0 Å². The van der Waals surface area contributed by atoms with E-state index in [0.717, 1.165) is 45.9 Å². The summed E-state index contributed by atoms with van der Waals surface area (Å²) in [4.78, 5) is 19.3. The Kier molecular flexibility index (Phi) is 6.50. The van der Waals surface area contributed by atoms with Crippen LogP contribution in [-0.4, -0.2) is 83.2 Å². The molecule has 1 aromatic carbocycles. The van der Waals surface area contributed by atoms with Crippen molar-refractivity contribution in [2.24, 2.45) is 0 Å². The van der Waals surface area contributed by atoms with Crippen molar-refractivity contribution in [3.05, 3.63) is 52.8 Å². The second-order valence-corrected chi connectivity index (χ2v) is 8.35. The topological polar surface area (TPSA) is 74.1 Å². The van der Waals surface area contributed by atoms with E-state index < -0.39 is 0 Å². The van der Waals surface area contributed by atoms with Gasteiger partial charge in [-0.15, -0.1) is 0 Å². The number of halogens is 1. The fraction of sp³-hybridized carbons (Fsp3) is 0.455. The van der Waals surface area contributed by atoms with E-state index in [0.29, 0.717) is 13.1 Å². The molecule has 0 atom stereocenters. The lowest BCUT2D eigenvalue weighted by atomic mass is 10.1. The molecule has 2 saturated heterocycles. The minimum absolute atomic E-state index is 0.128. The standard InChI is InChI=1S/C22H28ClN5O3/c1-16-4-3-5-18(21(16)26-10-12-31-13-11-26)14-25-6-8-27(9-7-25)22(30)28-15-19(23)20(24-28)17(2)29/h3-5,15,29H,2,6-14H2,1H3. The summed E-state index contributed by atoms with van der Waals surface area (Å²) in [5.41, 5.74) is 4.03. The Morgan fingerprint density at radius 1 is 1.19 bits per heavy atom. The molecule has 0 radical (unpaired) electrons. The Bertz CT molecular complexity index is 962. The van der Waals surface area contributed by atoms with Crippen LogP contribution >= 0.6 is 11.6 Å². The van der Waals surface area contributed by atoms with Gasteiger partial charge in [0.05, 0.1) is 24.4 Å². The molecule has 9 heteroatoms. The second-order valence-electron chi connectivity index (χ2n) is 7.94. The van der Waals surface area contributed by atoms with Gasteiger partial charge >= 0.3 is 6.03 Å². The van der Waals surface area contributed by atoms with Crippen LogP contribution < -0.4 is 4.90 Å². The van der Waals surface area contributed by atoms with Crippen LogP contribution in [0.3, 0.4) is 0 Å². The van der Waals surface area contributed by atoms with Gasteiger partial charge in [0.1, 0.15) is 11.5 Å². The number of hydrogen-bond donors (Lipinski definition) is 1. The van der Waals surface area contributed by atoms with E-state index in [9.17, 15) is 9.90 Å². The summed E-state index contributed by atoms with van der Waals surface area (Å²) in [5, 5.41) is 13.8. The number of nitrogens with zero attached hydrogens (tertiary/aromatic N) is 5. The number of carbonyl (C=O) groups is 1. The van der Waals surface area contributed by atoms with E-state index in [-0.39, 0.29) is 22.5 Å². The van der Waals surface area contributed by atoms with Crippen molar-refractivity contribution in [1.29, 1.82) is 0 Å². The normalized spacial score (nSPS) is 17.7. The number of ether oxygens (including phenoxy) is 1. The molecule has 2 fully saturated rings. The number of aliphatic hydroxyl groups is 1. The van der Waals surface area contributed by atoms with Crippen molar-refractivity contribution in [3.8, 4) is 0 Å². The van der Waals surface area contributed by atoms with Crippen molar-refractivity contribution in [2.45, 2.75) is 13.5 Å². The number of anilines is 1. The first-order valence-electron chi connectivity index (χ1n) is 10.5. The van der Waals surface area contributed by atoms with Crippen LogP contribution in [0.25, 0.3) is 5.76 Å². The number of piperazine rings is 1. The van der Waals surface area contributed by atoms with E-state index in [1.54, 1.807) is 4.90 Å². The molecule has 3 heterocycles. The number of aryl methyl sites for hydroxylation is 1. The molecule has 2 aliphatic rings. The van der Waals surface area contributed by atoms with Crippen LogP contribution in [0.5, 0.6) is 0 Å². The number of morpholine rings is 1. The van der Waals surface area contributed by atoms with Gasteiger partial charge in [0.2, 0.25) is 0 Å². The van der Waals surface area contributed by atoms with E-state index in [4.69, 9.17) is 16.3 Å². The molecule has 1 amide bonds. The zero-order valence-electron chi connectivity index (χ0n) is 17.8. The number of carbonyl (C=O) groups excluding carboxylic acids is 1. The molecule has 166 valence electrons. The van der Waals surface area contributed by atoms with E-state index in [1.807, 2.05) is 0 Å². The molecular weight excluding hydrogens is 418 g/mol.